The molecule has 1 saturated carbocycles. The second-order valence-electron chi connectivity index (χ2n) is 7.15. The van der Waals surface area contributed by atoms with Gasteiger partial charge in [-0.1, -0.05) is 19.1 Å². The van der Waals surface area contributed by atoms with Crippen LogP contribution in [0.5, 0.6) is 5.75 Å². The third-order valence-corrected chi connectivity index (χ3v) is 5.40. The van der Waals surface area contributed by atoms with E-state index < -0.39 is 0 Å². The van der Waals surface area contributed by atoms with Gasteiger partial charge in [0.2, 0.25) is 0 Å². The molecule has 0 N–H and O–H groups in total. The summed E-state index contributed by atoms with van der Waals surface area (Å²) in [4.78, 5) is 11.3. The molecule has 0 aromatic heterocycles. The van der Waals surface area contributed by atoms with Gasteiger partial charge in [-0.25, -0.2) is 4.39 Å². The highest BCUT2D eigenvalue weighted by Gasteiger charge is 2.28. The molecule has 1 unspecified atom stereocenters. The van der Waals surface area contributed by atoms with E-state index in [4.69, 9.17) is 4.74 Å². The van der Waals surface area contributed by atoms with Crippen LogP contribution >= 0.6 is 0 Å². The lowest BCUT2D eigenvalue weighted by Crippen LogP contribution is -2.06. The van der Waals surface area contributed by atoms with Crippen LogP contribution in [-0.4, -0.2) is 12.9 Å². The molecule has 1 aromatic carbocycles. The molecule has 3 rings (SSSR count). The Balaban J connectivity index is 1.60. The Hall–Kier alpha value is -1.90. The van der Waals surface area contributed by atoms with Gasteiger partial charge in [-0.05, 0) is 72.8 Å². The van der Waals surface area contributed by atoms with Crippen LogP contribution in [0.4, 0.5) is 4.39 Å². The standard InChI is InChI=1S/C21H25FO2/c1-14(18-11-19(22)13-21(12-18)24-2)9-15-3-4-17(10-15)16-5-7-20(23)8-6-16/h5-7,11-15,17H,3-4,8-10H2,1-2H3/t14-,15?,17-/m0/s1. The summed E-state index contributed by atoms with van der Waals surface area (Å²) in [6.07, 6.45) is 11.0. The van der Waals surface area contributed by atoms with Crippen molar-refractivity contribution in [2.24, 2.45) is 11.8 Å². The summed E-state index contributed by atoms with van der Waals surface area (Å²) < 4.78 is 18.9. The smallest absolute Gasteiger partial charge is 0.159 e. The van der Waals surface area contributed by atoms with Crippen LogP contribution in [-0.2, 0) is 4.79 Å². The summed E-state index contributed by atoms with van der Waals surface area (Å²) in [5, 5.41) is 0. The Bertz CT molecular complexity index is 674. The number of methoxy groups -OCH3 is 1. The van der Waals surface area contributed by atoms with E-state index in [1.807, 2.05) is 12.1 Å². The molecule has 1 fully saturated rings. The fourth-order valence-electron chi connectivity index (χ4n) is 4.06. The van der Waals surface area contributed by atoms with Gasteiger partial charge < -0.3 is 4.74 Å². The minimum absolute atomic E-state index is 0.196. The molecule has 2 nitrogen and oxygen atoms in total. The van der Waals surface area contributed by atoms with Crippen molar-refractivity contribution in [3.05, 3.63) is 53.4 Å². The molecule has 1 aromatic rings. The fourth-order valence-corrected chi connectivity index (χ4v) is 4.06. The van der Waals surface area contributed by atoms with Crippen molar-refractivity contribution in [1.82, 2.24) is 0 Å². The lowest BCUT2D eigenvalue weighted by Gasteiger charge is -2.19. The summed E-state index contributed by atoms with van der Waals surface area (Å²) in [5.41, 5.74) is 2.34. The first-order valence-corrected chi connectivity index (χ1v) is 8.80. The van der Waals surface area contributed by atoms with Crippen LogP contribution in [0.25, 0.3) is 0 Å². The molecule has 0 amide bonds. The van der Waals surface area contributed by atoms with Gasteiger partial charge in [0.1, 0.15) is 11.6 Å². The third-order valence-electron chi connectivity index (χ3n) is 5.40. The Morgan fingerprint density at radius 1 is 1.25 bits per heavy atom. The molecule has 0 bridgehead atoms. The molecular weight excluding hydrogens is 303 g/mol. The summed E-state index contributed by atoms with van der Waals surface area (Å²) >= 11 is 0. The van der Waals surface area contributed by atoms with Crippen LogP contribution in [0.2, 0.25) is 0 Å². The van der Waals surface area contributed by atoms with E-state index in [2.05, 4.69) is 13.0 Å². The number of carbonyl (C=O) groups excluding carboxylic acids is 1. The van der Waals surface area contributed by atoms with E-state index in [-0.39, 0.29) is 11.6 Å². The number of ketones is 1. The van der Waals surface area contributed by atoms with E-state index in [1.54, 1.807) is 19.3 Å². The zero-order valence-corrected chi connectivity index (χ0v) is 14.4. The zero-order chi connectivity index (χ0) is 17.1. The minimum atomic E-state index is -0.234. The molecular formula is C21H25FO2. The molecule has 128 valence electrons. The highest BCUT2D eigenvalue weighted by atomic mass is 19.1. The van der Waals surface area contributed by atoms with Gasteiger partial charge >= 0.3 is 0 Å². The summed E-state index contributed by atoms with van der Waals surface area (Å²) in [6, 6.07) is 4.99. The molecule has 0 aliphatic heterocycles. The molecule has 3 atom stereocenters. The zero-order valence-electron chi connectivity index (χ0n) is 14.4. The van der Waals surface area contributed by atoms with Crippen molar-refractivity contribution < 1.29 is 13.9 Å². The van der Waals surface area contributed by atoms with E-state index in [0.717, 1.165) is 12.0 Å². The van der Waals surface area contributed by atoms with Crippen LogP contribution in [0, 0.1) is 17.7 Å². The van der Waals surface area contributed by atoms with E-state index in [9.17, 15) is 9.18 Å². The molecule has 3 heteroatoms. The summed E-state index contributed by atoms with van der Waals surface area (Å²) in [5.74, 6) is 2.10. The average molecular weight is 328 g/mol. The number of rotatable bonds is 5. The number of carbonyl (C=O) groups is 1. The Kier molecular flexibility index (Phi) is 5.17. The largest absolute Gasteiger partial charge is 0.497 e. The van der Waals surface area contributed by atoms with Gasteiger partial charge in [-0.3, -0.25) is 4.79 Å². The molecule has 0 heterocycles. The summed E-state index contributed by atoms with van der Waals surface area (Å²) in [6.45, 7) is 2.17. The Morgan fingerprint density at radius 2 is 2.08 bits per heavy atom. The van der Waals surface area contributed by atoms with Crippen molar-refractivity contribution in [3.8, 4) is 5.75 Å². The first-order valence-electron chi connectivity index (χ1n) is 8.80. The first-order chi connectivity index (χ1) is 11.5. The molecule has 0 radical (unpaired) electrons. The van der Waals surface area contributed by atoms with Gasteiger partial charge in [0, 0.05) is 12.5 Å². The summed E-state index contributed by atoms with van der Waals surface area (Å²) in [7, 11) is 1.57. The molecule has 24 heavy (non-hydrogen) atoms. The van der Waals surface area contributed by atoms with Gasteiger partial charge in [-0.15, -0.1) is 0 Å². The highest BCUT2D eigenvalue weighted by Crippen LogP contribution is 2.41. The topological polar surface area (TPSA) is 26.3 Å². The minimum Gasteiger partial charge on any atom is -0.497 e. The van der Waals surface area contributed by atoms with Crippen LogP contribution in [0.15, 0.2) is 42.0 Å². The number of hydrogen-bond donors (Lipinski definition) is 0. The number of benzene rings is 1. The van der Waals surface area contributed by atoms with E-state index in [0.29, 0.717) is 29.9 Å². The first kappa shape index (κ1) is 16.9. The van der Waals surface area contributed by atoms with Crippen LogP contribution in [0.3, 0.4) is 0 Å². The predicted octanol–water partition coefficient (Wildman–Crippen LogP) is 5.20. The van der Waals surface area contributed by atoms with Crippen molar-refractivity contribution in [1.29, 1.82) is 0 Å². The second-order valence-corrected chi connectivity index (χ2v) is 7.15. The van der Waals surface area contributed by atoms with E-state index in [1.165, 1.54) is 30.9 Å². The van der Waals surface area contributed by atoms with Crippen molar-refractivity contribution >= 4 is 5.78 Å². The van der Waals surface area contributed by atoms with Crippen LogP contribution in [0.1, 0.15) is 50.5 Å². The van der Waals surface area contributed by atoms with E-state index >= 15 is 0 Å². The molecule has 2 aliphatic carbocycles. The van der Waals surface area contributed by atoms with Crippen molar-refractivity contribution in [2.45, 2.75) is 44.9 Å². The maximum atomic E-state index is 13.7. The third kappa shape index (κ3) is 3.95. The number of hydrogen-bond acceptors (Lipinski definition) is 2. The number of halogens is 1. The molecule has 0 saturated heterocycles. The van der Waals surface area contributed by atoms with Gasteiger partial charge in [-0.2, -0.15) is 0 Å². The second kappa shape index (κ2) is 7.33. The van der Waals surface area contributed by atoms with Gasteiger partial charge in [0.05, 0.1) is 7.11 Å². The SMILES string of the molecule is COc1cc(F)cc([C@@H](C)CC2CC[C@H](C3=CCC(=O)C=C3)C2)c1. The number of allylic oxidation sites excluding steroid dienone is 4. The lowest BCUT2D eigenvalue weighted by molar-refractivity contribution is -0.113. The molecule has 2 aliphatic rings. The fraction of sp³-hybridized carbons (Fsp3) is 0.476. The lowest BCUT2D eigenvalue weighted by atomic mass is 9.87. The average Bonchev–Trinajstić information content (AvgIpc) is 3.03. The van der Waals surface area contributed by atoms with Gasteiger partial charge in [0.15, 0.2) is 5.78 Å². The van der Waals surface area contributed by atoms with Crippen molar-refractivity contribution in [3.63, 3.8) is 0 Å². The van der Waals surface area contributed by atoms with Gasteiger partial charge in [0.25, 0.3) is 0 Å². The number of ether oxygens (including phenoxy) is 1. The predicted molar refractivity (Wildman–Crippen MR) is 93.7 cm³/mol. The quantitative estimate of drug-likeness (QED) is 0.742. The monoisotopic (exact) mass is 328 g/mol. The van der Waals surface area contributed by atoms with Crippen LogP contribution < -0.4 is 4.74 Å². The molecule has 0 spiro atoms. The Morgan fingerprint density at radius 3 is 2.79 bits per heavy atom. The maximum absolute atomic E-state index is 13.7. The van der Waals surface area contributed by atoms with Crippen molar-refractivity contribution in [2.75, 3.05) is 7.11 Å². The Labute approximate surface area is 143 Å². The maximum Gasteiger partial charge on any atom is 0.159 e. The highest BCUT2D eigenvalue weighted by molar-refractivity contribution is 5.92. The normalized spacial score (nSPS) is 24.8.